The van der Waals surface area contributed by atoms with Gasteiger partial charge in [-0.1, -0.05) is 19.8 Å². The minimum absolute atomic E-state index is 0.198. The van der Waals surface area contributed by atoms with Crippen molar-refractivity contribution in [2.75, 3.05) is 20.2 Å². The molecule has 26 heavy (non-hydrogen) atoms. The number of nitrogens with one attached hydrogen (secondary N) is 1. The van der Waals surface area contributed by atoms with Gasteiger partial charge in [-0.3, -0.25) is 0 Å². The van der Waals surface area contributed by atoms with Crippen LogP contribution in [0.25, 0.3) is 0 Å². The normalized spacial score (nSPS) is 25.3. The fraction of sp³-hybridized carbons (Fsp3) is 0.650. The van der Waals surface area contributed by atoms with Gasteiger partial charge in [-0.05, 0) is 66.3 Å². The van der Waals surface area contributed by atoms with Crippen LogP contribution in [0.1, 0.15) is 68.9 Å². The van der Waals surface area contributed by atoms with E-state index in [-0.39, 0.29) is 6.04 Å². The Hall–Kier alpha value is -1.95. The lowest BCUT2D eigenvalue weighted by Crippen LogP contribution is -3.13. The van der Waals surface area contributed by atoms with E-state index >= 15 is 0 Å². The van der Waals surface area contributed by atoms with Gasteiger partial charge in [-0.2, -0.15) is 0 Å². The minimum atomic E-state index is 0.198. The number of tetrazole rings is 1. The summed E-state index contributed by atoms with van der Waals surface area (Å²) >= 11 is 0. The summed E-state index contributed by atoms with van der Waals surface area (Å²) in [5.74, 6) is 2.75. The van der Waals surface area contributed by atoms with E-state index < -0.39 is 0 Å². The van der Waals surface area contributed by atoms with Gasteiger partial charge >= 0.3 is 0 Å². The van der Waals surface area contributed by atoms with Crippen molar-refractivity contribution in [2.24, 2.45) is 5.92 Å². The Bertz CT molecular complexity index is 699. The van der Waals surface area contributed by atoms with Crippen LogP contribution in [0.3, 0.4) is 0 Å². The summed E-state index contributed by atoms with van der Waals surface area (Å²) in [4.78, 5) is 1.59. The van der Waals surface area contributed by atoms with Gasteiger partial charge in [0.2, 0.25) is 5.82 Å². The molecule has 2 aliphatic rings. The lowest BCUT2D eigenvalue weighted by Gasteiger charge is -2.33. The van der Waals surface area contributed by atoms with Crippen molar-refractivity contribution in [2.45, 2.75) is 57.5 Å². The molecule has 1 saturated heterocycles. The summed E-state index contributed by atoms with van der Waals surface area (Å²) in [5.41, 5.74) is 1.28. The van der Waals surface area contributed by atoms with Crippen molar-refractivity contribution in [1.82, 2.24) is 20.2 Å². The first-order chi connectivity index (χ1) is 12.8. The highest BCUT2D eigenvalue weighted by molar-refractivity contribution is 5.30. The van der Waals surface area contributed by atoms with Crippen LogP contribution < -0.4 is 9.64 Å². The molecule has 4 rings (SSSR count). The molecule has 1 aromatic heterocycles. The molecular weight excluding hydrogens is 326 g/mol. The monoisotopic (exact) mass is 356 g/mol. The number of aromatic nitrogens is 4. The van der Waals surface area contributed by atoms with Gasteiger partial charge in [0.25, 0.3) is 0 Å². The van der Waals surface area contributed by atoms with Crippen LogP contribution >= 0.6 is 0 Å². The zero-order valence-electron chi connectivity index (χ0n) is 15.9. The summed E-state index contributed by atoms with van der Waals surface area (Å²) in [6.45, 7) is 4.71. The molecular formula is C20H30N5O+. The maximum atomic E-state index is 5.35. The van der Waals surface area contributed by atoms with Gasteiger partial charge in [-0.25, -0.2) is 4.68 Å². The van der Waals surface area contributed by atoms with Gasteiger partial charge in [0.1, 0.15) is 5.75 Å². The fourth-order valence-corrected chi connectivity index (χ4v) is 4.58. The van der Waals surface area contributed by atoms with E-state index in [9.17, 15) is 0 Å². The van der Waals surface area contributed by atoms with E-state index in [1.54, 1.807) is 12.0 Å². The lowest BCUT2D eigenvalue weighted by atomic mass is 9.95. The average molecular weight is 356 g/mol. The third-order valence-electron chi connectivity index (χ3n) is 6.22. The van der Waals surface area contributed by atoms with Crippen molar-refractivity contribution in [3.63, 3.8) is 0 Å². The van der Waals surface area contributed by atoms with Crippen molar-refractivity contribution in [3.05, 3.63) is 35.7 Å². The van der Waals surface area contributed by atoms with E-state index in [4.69, 9.17) is 4.74 Å². The van der Waals surface area contributed by atoms with E-state index in [1.165, 1.54) is 57.2 Å². The maximum Gasteiger partial charge on any atom is 0.214 e. The van der Waals surface area contributed by atoms with Crippen molar-refractivity contribution >= 4 is 0 Å². The summed E-state index contributed by atoms with van der Waals surface area (Å²) in [6.07, 6.45) is 7.50. The number of piperidine rings is 1. The van der Waals surface area contributed by atoms with E-state index in [2.05, 4.69) is 51.4 Å². The number of nitrogens with zero attached hydrogens (tertiary/aromatic N) is 4. The van der Waals surface area contributed by atoms with Crippen LogP contribution in [-0.2, 0) is 0 Å². The molecule has 0 amide bonds. The predicted octanol–water partition coefficient (Wildman–Crippen LogP) is 2.20. The Morgan fingerprint density at radius 3 is 2.42 bits per heavy atom. The van der Waals surface area contributed by atoms with Crippen molar-refractivity contribution in [3.8, 4) is 5.75 Å². The Balaban J connectivity index is 1.69. The minimum Gasteiger partial charge on any atom is -0.497 e. The second-order valence-corrected chi connectivity index (χ2v) is 7.97. The number of quaternary nitrogens is 1. The van der Waals surface area contributed by atoms with Gasteiger partial charge in [0, 0.05) is 5.56 Å². The highest BCUT2D eigenvalue weighted by Crippen LogP contribution is 2.31. The highest BCUT2D eigenvalue weighted by Gasteiger charge is 2.35. The smallest absolute Gasteiger partial charge is 0.214 e. The Morgan fingerprint density at radius 1 is 1.08 bits per heavy atom. The molecule has 0 unspecified atom stereocenters. The standard InChI is InChI=1S/C20H29N5O/c1-15-11-13-24(14-12-15)19(16-7-9-18(26-2)10-8-16)20-21-22-23-25(20)17-5-3-4-6-17/h7-10,15,17,19H,3-6,11-14H2,1-2H3/p+1/t19-/m0/s1. The molecule has 2 aromatic rings. The second kappa shape index (κ2) is 7.74. The van der Waals surface area contributed by atoms with Crippen LogP contribution in [0.2, 0.25) is 0 Å². The summed E-state index contributed by atoms with van der Waals surface area (Å²) in [5, 5.41) is 13.0. The SMILES string of the molecule is COc1ccc([C@@H](c2nnnn2C2CCCC2)[NH+]2CCC(C)CC2)cc1. The molecule has 1 aliphatic carbocycles. The van der Waals surface area contributed by atoms with Gasteiger partial charge < -0.3 is 9.64 Å². The Morgan fingerprint density at radius 2 is 1.77 bits per heavy atom. The van der Waals surface area contributed by atoms with Gasteiger partial charge in [0.15, 0.2) is 6.04 Å². The van der Waals surface area contributed by atoms with E-state index in [0.717, 1.165) is 17.5 Å². The molecule has 1 saturated carbocycles. The number of rotatable bonds is 5. The van der Waals surface area contributed by atoms with Crippen LogP contribution in [0, 0.1) is 5.92 Å². The molecule has 2 fully saturated rings. The quantitative estimate of drug-likeness (QED) is 0.892. The lowest BCUT2D eigenvalue weighted by molar-refractivity contribution is -0.932. The Kier molecular flexibility index (Phi) is 5.20. The number of methoxy groups -OCH3 is 1. The molecule has 0 radical (unpaired) electrons. The Labute approximate surface area is 155 Å². The largest absolute Gasteiger partial charge is 0.497 e. The molecule has 6 nitrogen and oxygen atoms in total. The first-order valence-electron chi connectivity index (χ1n) is 10.0. The molecule has 0 bridgehead atoms. The topological polar surface area (TPSA) is 57.3 Å². The maximum absolute atomic E-state index is 5.35. The van der Waals surface area contributed by atoms with Gasteiger partial charge in [0.05, 0.1) is 26.2 Å². The number of ether oxygens (including phenoxy) is 1. The number of hydrogen-bond acceptors (Lipinski definition) is 4. The van der Waals surface area contributed by atoms with Crippen LogP contribution in [0.5, 0.6) is 5.75 Å². The fourth-order valence-electron chi connectivity index (χ4n) is 4.58. The first-order valence-corrected chi connectivity index (χ1v) is 10.0. The number of hydrogen-bond donors (Lipinski definition) is 1. The van der Waals surface area contributed by atoms with Gasteiger partial charge in [-0.15, -0.1) is 5.10 Å². The molecule has 1 atom stereocenters. The van der Waals surface area contributed by atoms with E-state index in [1.807, 2.05) is 0 Å². The molecule has 140 valence electrons. The van der Waals surface area contributed by atoms with Crippen molar-refractivity contribution < 1.29 is 9.64 Å². The molecule has 2 heterocycles. The van der Waals surface area contributed by atoms with Crippen LogP contribution in [-0.4, -0.2) is 40.4 Å². The predicted molar refractivity (Wildman–Crippen MR) is 99.3 cm³/mol. The van der Waals surface area contributed by atoms with E-state index in [0.29, 0.717) is 6.04 Å². The number of benzene rings is 1. The van der Waals surface area contributed by atoms with Crippen LogP contribution in [0.4, 0.5) is 0 Å². The molecule has 6 heteroatoms. The molecule has 0 spiro atoms. The van der Waals surface area contributed by atoms with Crippen LogP contribution in [0.15, 0.2) is 24.3 Å². The summed E-state index contributed by atoms with van der Waals surface area (Å²) < 4.78 is 7.48. The third kappa shape index (κ3) is 3.47. The zero-order valence-corrected chi connectivity index (χ0v) is 15.9. The first kappa shape index (κ1) is 17.5. The molecule has 1 aliphatic heterocycles. The number of likely N-dealkylation sites (tertiary alicyclic amines) is 1. The summed E-state index contributed by atoms with van der Waals surface area (Å²) in [7, 11) is 1.71. The average Bonchev–Trinajstić information content (AvgIpc) is 3.35. The second-order valence-electron chi connectivity index (χ2n) is 7.97. The molecule has 1 N–H and O–H groups in total. The molecule has 1 aromatic carbocycles. The highest BCUT2D eigenvalue weighted by atomic mass is 16.5. The summed E-state index contributed by atoms with van der Waals surface area (Å²) in [6, 6.07) is 9.13. The van der Waals surface area contributed by atoms with Crippen molar-refractivity contribution in [1.29, 1.82) is 0 Å². The zero-order chi connectivity index (χ0) is 17.9. The third-order valence-corrected chi connectivity index (χ3v) is 6.22.